The average molecular weight is 329 g/mol. The fourth-order valence-electron chi connectivity index (χ4n) is 1.04. The van der Waals surface area contributed by atoms with Gasteiger partial charge >= 0.3 is 111 Å². The second kappa shape index (κ2) is 11.7. The first-order valence-electron chi connectivity index (χ1n) is 6.71. The van der Waals surface area contributed by atoms with Gasteiger partial charge in [0, 0.05) is 0 Å². The monoisotopic (exact) mass is 329 g/mol. The van der Waals surface area contributed by atoms with Crippen molar-refractivity contribution in [1.29, 1.82) is 0 Å². The van der Waals surface area contributed by atoms with E-state index in [2.05, 4.69) is 27.7 Å². The van der Waals surface area contributed by atoms with Gasteiger partial charge in [0.25, 0.3) is 0 Å². The molecule has 0 heterocycles. The molecule has 0 unspecified atom stereocenters. The van der Waals surface area contributed by atoms with Gasteiger partial charge in [-0.1, -0.05) is 0 Å². The zero-order chi connectivity index (χ0) is 13.0. The normalized spacial score (nSPS) is 12.0. The van der Waals surface area contributed by atoms with E-state index in [0.29, 0.717) is 26.4 Å². The van der Waals surface area contributed by atoms with Crippen LogP contribution in [0.1, 0.15) is 53.4 Å². The zero-order valence-corrected chi connectivity index (χ0v) is 13.9. The quantitative estimate of drug-likeness (QED) is 0.514. The summed E-state index contributed by atoms with van der Waals surface area (Å²) in [7, 11) is 0. The number of hydrogen-bond acceptors (Lipinski definition) is 4. The molecule has 4 nitrogen and oxygen atoms in total. The summed E-state index contributed by atoms with van der Waals surface area (Å²) in [5.41, 5.74) is 0. The number of rotatable bonds is 12. The first-order chi connectivity index (χ1) is 8.24. The molecule has 0 aliphatic carbocycles. The first-order valence-corrected chi connectivity index (χ1v) is 10.3. The molecule has 0 aliphatic heterocycles. The van der Waals surface area contributed by atoms with Gasteiger partial charge in [0.05, 0.1) is 0 Å². The maximum absolute atomic E-state index is 5.82. The molecular weight excluding hydrogens is 301 g/mol. The van der Waals surface area contributed by atoms with Crippen molar-refractivity contribution in [3.05, 3.63) is 0 Å². The Morgan fingerprint density at radius 2 is 0.765 bits per heavy atom. The second-order valence-electron chi connectivity index (χ2n) is 3.78. The van der Waals surface area contributed by atoms with Gasteiger partial charge in [-0.2, -0.15) is 0 Å². The van der Waals surface area contributed by atoms with Crippen molar-refractivity contribution >= 4 is 0 Å². The molecule has 5 heteroatoms. The Bertz CT molecular complexity index is 129. The van der Waals surface area contributed by atoms with Crippen LogP contribution in [0.2, 0.25) is 0 Å². The average Bonchev–Trinajstić information content (AvgIpc) is 2.37. The Morgan fingerprint density at radius 3 is 0.941 bits per heavy atom. The van der Waals surface area contributed by atoms with Crippen LogP contribution in [0, 0.1) is 0 Å². The molecule has 0 saturated heterocycles. The third-order valence-electron chi connectivity index (χ3n) is 1.81. The van der Waals surface area contributed by atoms with E-state index in [9.17, 15) is 0 Å². The molecule has 0 spiro atoms. The van der Waals surface area contributed by atoms with Crippen LogP contribution in [0.5, 0.6) is 0 Å². The first kappa shape index (κ1) is 17.6. The Hall–Kier alpha value is 0.580. The summed E-state index contributed by atoms with van der Waals surface area (Å²) in [6, 6.07) is 0. The van der Waals surface area contributed by atoms with Crippen LogP contribution in [0.25, 0.3) is 0 Å². The van der Waals surface area contributed by atoms with Gasteiger partial charge in [-0.25, -0.2) is 0 Å². The summed E-state index contributed by atoms with van der Waals surface area (Å²) in [5, 5.41) is 0. The van der Waals surface area contributed by atoms with Crippen molar-refractivity contribution in [3.63, 3.8) is 0 Å². The molecule has 105 valence electrons. The fraction of sp³-hybridized carbons (Fsp3) is 1.00. The van der Waals surface area contributed by atoms with E-state index in [-0.39, 0.29) is 0 Å². The molecule has 17 heavy (non-hydrogen) atoms. The van der Waals surface area contributed by atoms with Gasteiger partial charge in [0.2, 0.25) is 0 Å². The summed E-state index contributed by atoms with van der Waals surface area (Å²) < 4.78 is 23.3. The van der Waals surface area contributed by atoms with Crippen molar-refractivity contribution in [1.82, 2.24) is 0 Å². The van der Waals surface area contributed by atoms with Gasteiger partial charge < -0.3 is 0 Å². The summed E-state index contributed by atoms with van der Waals surface area (Å²) in [4.78, 5) is 0. The predicted molar refractivity (Wildman–Crippen MR) is 65.0 cm³/mol. The molecule has 0 fully saturated rings. The van der Waals surface area contributed by atoms with Gasteiger partial charge in [-0.15, -0.1) is 0 Å². The maximum atomic E-state index is 5.82. The minimum atomic E-state index is -3.58. The van der Waals surface area contributed by atoms with Crippen molar-refractivity contribution in [2.45, 2.75) is 53.4 Å². The van der Waals surface area contributed by atoms with E-state index in [1.165, 1.54) is 0 Å². The third-order valence-corrected chi connectivity index (χ3v) is 6.72. The molecule has 0 aromatic rings. The van der Waals surface area contributed by atoms with E-state index >= 15 is 0 Å². The Balaban J connectivity index is 4.39. The van der Waals surface area contributed by atoms with Crippen LogP contribution in [0.15, 0.2) is 0 Å². The van der Waals surface area contributed by atoms with Gasteiger partial charge in [0.15, 0.2) is 0 Å². The molecule has 0 radical (unpaired) electrons. The predicted octanol–water partition coefficient (Wildman–Crippen LogP) is 3.51. The summed E-state index contributed by atoms with van der Waals surface area (Å²) >= 11 is -3.58. The molecule has 0 bridgehead atoms. The Morgan fingerprint density at radius 1 is 0.529 bits per heavy atom. The van der Waals surface area contributed by atoms with E-state index in [1.54, 1.807) is 0 Å². The van der Waals surface area contributed by atoms with Gasteiger partial charge in [-0.05, 0) is 0 Å². The van der Waals surface area contributed by atoms with Crippen molar-refractivity contribution in [2.24, 2.45) is 0 Å². The SMILES string of the molecule is CCC[O][Nb]([O]CCC)([O]CCC)[O]CCC. The molecule has 0 amide bonds. The minimum absolute atomic E-state index is 0.655. The van der Waals surface area contributed by atoms with Crippen molar-refractivity contribution < 1.29 is 31.7 Å². The Kier molecular flexibility index (Phi) is 12.1. The van der Waals surface area contributed by atoms with E-state index < -0.39 is 18.7 Å². The van der Waals surface area contributed by atoms with E-state index in [1.807, 2.05) is 0 Å². The van der Waals surface area contributed by atoms with Crippen LogP contribution < -0.4 is 0 Å². The van der Waals surface area contributed by atoms with Crippen LogP contribution in [0.3, 0.4) is 0 Å². The molecule has 0 N–H and O–H groups in total. The molecule has 0 saturated carbocycles. The summed E-state index contributed by atoms with van der Waals surface area (Å²) in [5.74, 6) is 0. The van der Waals surface area contributed by atoms with Crippen LogP contribution in [-0.4, -0.2) is 26.4 Å². The van der Waals surface area contributed by atoms with E-state index in [0.717, 1.165) is 25.7 Å². The Labute approximate surface area is 111 Å². The topological polar surface area (TPSA) is 36.9 Å². The van der Waals surface area contributed by atoms with Crippen molar-refractivity contribution in [2.75, 3.05) is 26.4 Å². The van der Waals surface area contributed by atoms with Gasteiger partial charge in [0.1, 0.15) is 0 Å². The van der Waals surface area contributed by atoms with Crippen LogP contribution in [0.4, 0.5) is 0 Å². The van der Waals surface area contributed by atoms with Crippen LogP contribution >= 0.6 is 0 Å². The summed E-state index contributed by atoms with van der Waals surface area (Å²) in [6.45, 7) is 10.9. The molecule has 0 rings (SSSR count). The molecule has 0 atom stereocenters. The fourth-order valence-corrected chi connectivity index (χ4v) is 6.13. The van der Waals surface area contributed by atoms with Crippen molar-refractivity contribution in [3.8, 4) is 0 Å². The molecule has 0 aromatic heterocycles. The van der Waals surface area contributed by atoms with E-state index in [4.69, 9.17) is 13.0 Å². The molecular formula is C12H28NbO4. The third kappa shape index (κ3) is 8.32. The summed E-state index contributed by atoms with van der Waals surface area (Å²) in [6.07, 6.45) is 3.82. The van der Waals surface area contributed by atoms with Gasteiger partial charge in [-0.3, -0.25) is 0 Å². The number of hydrogen-bond donors (Lipinski definition) is 0. The molecule has 0 aliphatic rings. The zero-order valence-electron chi connectivity index (χ0n) is 11.7. The standard InChI is InChI=1S/4C3H7O.Nb/c4*1-2-3-4;/h4*2-3H2,1H3;/q4*-1;+4. The van der Waals surface area contributed by atoms with Crippen LogP contribution in [-0.2, 0) is 31.7 Å². The second-order valence-corrected chi connectivity index (χ2v) is 8.52. The molecule has 0 aromatic carbocycles.